The maximum atomic E-state index is 11.8. The molecule has 0 aromatic carbocycles. The first-order valence-corrected chi connectivity index (χ1v) is 9.30. The molecule has 8 nitrogen and oxygen atoms in total. The molecule has 2 N–H and O–H groups in total. The zero-order valence-corrected chi connectivity index (χ0v) is 17.1. The number of likely N-dealkylation sites (N-methyl/N-ethyl adjacent to an activating group) is 1. The van der Waals surface area contributed by atoms with Crippen molar-refractivity contribution in [3.8, 4) is 0 Å². The van der Waals surface area contributed by atoms with Gasteiger partial charge in [-0.25, -0.2) is 4.99 Å². The highest BCUT2D eigenvalue weighted by Crippen LogP contribution is 2.10. The number of amides is 1. The number of hydrogen-bond donors (Lipinski definition) is 2. The molecule has 26 heavy (non-hydrogen) atoms. The summed E-state index contributed by atoms with van der Waals surface area (Å²) in [6.07, 6.45) is 1.86. The normalized spacial score (nSPS) is 16.9. The summed E-state index contributed by atoms with van der Waals surface area (Å²) in [4.78, 5) is 31.8. The van der Waals surface area contributed by atoms with E-state index in [1.54, 1.807) is 19.0 Å². The summed E-state index contributed by atoms with van der Waals surface area (Å²) >= 11 is 0. The predicted octanol–water partition coefficient (Wildman–Crippen LogP) is 0.436. The third kappa shape index (κ3) is 9.03. The molecule has 1 aliphatic heterocycles. The fourth-order valence-corrected chi connectivity index (χ4v) is 2.60. The van der Waals surface area contributed by atoms with Crippen LogP contribution in [-0.2, 0) is 14.3 Å². The van der Waals surface area contributed by atoms with E-state index in [0.717, 1.165) is 32.5 Å². The van der Waals surface area contributed by atoms with Crippen LogP contribution in [0, 0.1) is 0 Å². The molecule has 0 saturated carbocycles. The minimum absolute atomic E-state index is 0.0111. The first-order chi connectivity index (χ1) is 12.1. The van der Waals surface area contributed by atoms with Crippen molar-refractivity contribution in [2.45, 2.75) is 52.2 Å². The highest BCUT2D eigenvalue weighted by Gasteiger charge is 2.22. The summed E-state index contributed by atoms with van der Waals surface area (Å²) in [5, 5.41) is 6.54. The Morgan fingerprint density at radius 1 is 1.23 bits per heavy atom. The number of likely N-dealkylation sites (tertiary alicyclic amines) is 1. The lowest BCUT2D eigenvalue weighted by Gasteiger charge is -2.33. The fraction of sp³-hybridized carbons (Fsp3) is 0.833. The van der Waals surface area contributed by atoms with E-state index < -0.39 is 5.60 Å². The fourth-order valence-electron chi connectivity index (χ4n) is 2.60. The van der Waals surface area contributed by atoms with E-state index in [1.165, 1.54) is 0 Å². The molecule has 0 radical (unpaired) electrons. The Morgan fingerprint density at radius 2 is 1.85 bits per heavy atom. The Labute approximate surface area is 157 Å². The Hall–Kier alpha value is -1.83. The lowest BCUT2D eigenvalue weighted by atomic mass is 10.1. The largest absolute Gasteiger partial charge is 0.459 e. The smallest absolute Gasteiger partial charge is 0.328 e. The Bertz CT molecular complexity index is 492. The minimum atomic E-state index is -0.505. The molecule has 0 unspecified atom stereocenters. The second kappa shape index (κ2) is 10.4. The van der Waals surface area contributed by atoms with Gasteiger partial charge < -0.3 is 20.3 Å². The summed E-state index contributed by atoms with van der Waals surface area (Å²) in [5.41, 5.74) is -0.505. The van der Waals surface area contributed by atoms with Crippen molar-refractivity contribution >= 4 is 17.8 Å². The van der Waals surface area contributed by atoms with Gasteiger partial charge in [0.1, 0.15) is 12.1 Å². The van der Waals surface area contributed by atoms with Crippen LogP contribution >= 0.6 is 0 Å². The van der Waals surface area contributed by atoms with Crippen LogP contribution in [0.2, 0.25) is 0 Å². The van der Waals surface area contributed by atoms with Gasteiger partial charge >= 0.3 is 5.97 Å². The van der Waals surface area contributed by atoms with Gasteiger partial charge in [0.2, 0.25) is 5.91 Å². The molecule has 0 aromatic heterocycles. The molecule has 0 aromatic rings. The molecule has 1 rings (SSSR count). The second-order valence-electron chi connectivity index (χ2n) is 7.76. The topological polar surface area (TPSA) is 86.3 Å². The van der Waals surface area contributed by atoms with Gasteiger partial charge in [-0.05, 0) is 40.5 Å². The average Bonchev–Trinajstić information content (AvgIpc) is 2.53. The highest BCUT2D eigenvalue weighted by atomic mass is 16.6. The Morgan fingerprint density at radius 3 is 2.35 bits per heavy atom. The number of carbonyl (C=O) groups is 2. The van der Waals surface area contributed by atoms with Crippen molar-refractivity contribution in [3.05, 3.63) is 0 Å². The lowest BCUT2D eigenvalue weighted by molar-refractivity contribution is -0.152. The van der Waals surface area contributed by atoms with Gasteiger partial charge in [-0.2, -0.15) is 0 Å². The first kappa shape index (κ1) is 22.2. The summed E-state index contributed by atoms with van der Waals surface area (Å²) in [6.45, 7) is 10.4. The van der Waals surface area contributed by atoms with Crippen LogP contribution in [0.3, 0.4) is 0 Å². The molecule has 1 aliphatic rings. The zero-order valence-electron chi connectivity index (χ0n) is 17.1. The van der Waals surface area contributed by atoms with E-state index in [9.17, 15) is 9.59 Å². The van der Waals surface area contributed by atoms with Crippen LogP contribution in [0.15, 0.2) is 4.99 Å². The number of aliphatic imine (C=N–C) groups is 1. The van der Waals surface area contributed by atoms with Gasteiger partial charge in [0.25, 0.3) is 0 Å². The zero-order chi connectivity index (χ0) is 19.7. The van der Waals surface area contributed by atoms with Crippen molar-refractivity contribution in [2.75, 3.05) is 46.8 Å². The molecule has 8 heteroatoms. The van der Waals surface area contributed by atoms with Gasteiger partial charge in [-0.1, -0.05) is 0 Å². The Balaban J connectivity index is 2.47. The number of ether oxygens (including phenoxy) is 1. The molecule has 0 atom stereocenters. The van der Waals surface area contributed by atoms with Gasteiger partial charge in [0.05, 0.1) is 6.54 Å². The second-order valence-corrected chi connectivity index (χ2v) is 7.76. The van der Waals surface area contributed by atoms with Crippen LogP contribution in [0.4, 0.5) is 0 Å². The monoisotopic (exact) mass is 369 g/mol. The molecule has 0 spiro atoms. The summed E-state index contributed by atoms with van der Waals surface area (Å²) < 4.78 is 5.28. The molecule has 0 aliphatic carbocycles. The van der Waals surface area contributed by atoms with E-state index in [0.29, 0.717) is 12.5 Å². The lowest BCUT2D eigenvalue weighted by Crippen LogP contribution is -2.50. The number of guanidine groups is 1. The molecular weight excluding hydrogens is 334 g/mol. The molecule has 1 fully saturated rings. The van der Waals surface area contributed by atoms with Crippen molar-refractivity contribution in [2.24, 2.45) is 4.99 Å². The highest BCUT2D eigenvalue weighted by molar-refractivity contribution is 5.83. The van der Waals surface area contributed by atoms with E-state index in [-0.39, 0.29) is 24.5 Å². The van der Waals surface area contributed by atoms with Crippen molar-refractivity contribution in [1.82, 2.24) is 20.4 Å². The first-order valence-electron chi connectivity index (χ1n) is 9.30. The molecule has 1 amide bonds. The van der Waals surface area contributed by atoms with Crippen LogP contribution in [0.5, 0.6) is 0 Å². The van der Waals surface area contributed by atoms with Crippen molar-refractivity contribution in [1.29, 1.82) is 0 Å². The minimum Gasteiger partial charge on any atom is -0.459 e. The van der Waals surface area contributed by atoms with Gasteiger partial charge in [-0.3, -0.25) is 14.5 Å². The third-order valence-corrected chi connectivity index (χ3v) is 3.92. The molecule has 0 bridgehead atoms. The van der Waals surface area contributed by atoms with Gasteiger partial charge in [0, 0.05) is 39.8 Å². The summed E-state index contributed by atoms with van der Waals surface area (Å²) in [7, 11) is 3.56. The number of esters is 1. The quantitative estimate of drug-likeness (QED) is 0.401. The standard InChI is InChI=1S/C18H35N5O3/c1-7-19-17(20-12-16(25)26-18(2,3)4)21-14-8-10-23(11-9-14)13-15(24)22(5)6/h14H,7-13H2,1-6H3,(H2,19,20,21). The van der Waals surface area contributed by atoms with Crippen LogP contribution in [-0.4, -0.2) is 86.1 Å². The Kier molecular flexibility index (Phi) is 8.84. The molecule has 150 valence electrons. The van der Waals surface area contributed by atoms with Crippen LogP contribution < -0.4 is 10.6 Å². The number of carbonyl (C=O) groups excluding carboxylic acids is 2. The van der Waals surface area contributed by atoms with E-state index in [4.69, 9.17) is 4.74 Å². The number of hydrogen-bond acceptors (Lipinski definition) is 5. The van der Waals surface area contributed by atoms with Crippen molar-refractivity contribution < 1.29 is 14.3 Å². The summed E-state index contributed by atoms with van der Waals surface area (Å²) in [5.74, 6) is 0.413. The van der Waals surface area contributed by atoms with Gasteiger partial charge in [-0.15, -0.1) is 0 Å². The van der Waals surface area contributed by atoms with E-state index in [1.807, 2.05) is 27.7 Å². The van der Waals surface area contributed by atoms with Crippen molar-refractivity contribution in [3.63, 3.8) is 0 Å². The third-order valence-electron chi connectivity index (χ3n) is 3.92. The maximum Gasteiger partial charge on any atom is 0.328 e. The van der Waals surface area contributed by atoms with Gasteiger partial charge in [0.15, 0.2) is 5.96 Å². The number of piperidine rings is 1. The number of nitrogens with zero attached hydrogens (tertiary/aromatic N) is 3. The molecule has 1 saturated heterocycles. The number of rotatable bonds is 6. The maximum absolute atomic E-state index is 11.8. The predicted molar refractivity (Wildman–Crippen MR) is 103 cm³/mol. The average molecular weight is 370 g/mol. The summed E-state index contributed by atoms with van der Waals surface area (Å²) in [6, 6.07) is 0.275. The van der Waals surface area contributed by atoms with Crippen LogP contribution in [0.25, 0.3) is 0 Å². The van der Waals surface area contributed by atoms with E-state index >= 15 is 0 Å². The number of nitrogens with one attached hydrogen (secondary N) is 2. The molecule has 1 heterocycles. The van der Waals surface area contributed by atoms with E-state index in [2.05, 4.69) is 20.5 Å². The molecular formula is C18H35N5O3. The van der Waals surface area contributed by atoms with Crippen LogP contribution in [0.1, 0.15) is 40.5 Å². The SMILES string of the molecule is CCNC(=NCC(=O)OC(C)(C)C)NC1CCN(CC(=O)N(C)C)CC1.